The van der Waals surface area contributed by atoms with Gasteiger partial charge in [-0.05, 0) is 66.1 Å². The van der Waals surface area contributed by atoms with E-state index in [2.05, 4.69) is 16.0 Å². The second kappa shape index (κ2) is 10.7. The number of carbonyl (C=O) groups is 2. The number of benzene rings is 3. The maximum atomic E-state index is 12.5. The minimum atomic E-state index is -0.587. The number of hydrogen-bond donors (Lipinski definition) is 3. The fraction of sp³-hybridized carbons (Fsp3) is 0.231. The van der Waals surface area contributed by atoms with E-state index in [1.54, 1.807) is 49.6 Å². The maximum absolute atomic E-state index is 12.5. The predicted molar refractivity (Wildman–Crippen MR) is 130 cm³/mol. The van der Waals surface area contributed by atoms with Crippen LogP contribution in [0.25, 0.3) is 0 Å². The van der Waals surface area contributed by atoms with Crippen LogP contribution >= 0.6 is 0 Å². The molecule has 1 heterocycles. The molecule has 0 radical (unpaired) electrons. The van der Waals surface area contributed by atoms with Crippen molar-refractivity contribution in [3.8, 4) is 17.2 Å². The van der Waals surface area contributed by atoms with Crippen molar-refractivity contribution in [3.63, 3.8) is 0 Å². The molecule has 2 amide bonds. The average molecular weight is 462 g/mol. The Bertz CT molecular complexity index is 1120. The second-order valence-corrected chi connectivity index (χ2v) is 7.87. The largest absolute Gasteiger partial charge is 0.493 e. The van der Waals surface area contributed by atoms with E-state index in [0.29, 0.717) is 28.6 Å². The van der Waals surface area contributed by atoms with Crippen LogP contribution in [0.3, 0.4) is 0 Å². The maximum Gasteiger partial charge on any atom is 0.417 e. The van der Waals surface area contributed by atoms with Crippen LogP contribution in [0, 0.1) is 0 Å². The number of anilines is 2. The molecule has 0 aliphatic carbocycles. The molecule has 0 unspecified atom stereocenters. The summed E-state index contributed by atoms with van der Waals surface area (Å²) in [5, 5.41) is 8.87. The van der Waals surface area contributed by atoms with Crippen molar-refractivity contribution in [2.45, 2.75) is 19.4 Å². The van der Waals surface area contributed by atoms with Gasteiger partial charge < -0.3 is 24.8 Å². The Morgan fingerprint density at radius 1 is 0.882 bits per heavy atom. The number of carbonyl (C=O) groups excluding carboxylic acids is 2. The first-order valence-electron chi connectivity index (χ1n) is 11.0. The molecule has 3 aromatic rings. The SMILES string of the molecule is COc1ccc(NC(=O)Cc2cccc(NC(=O)Oc3ccc4c(c3)CNCC4)c2)cc1OC. The van der Waals surface area contributed by atoms with Gasteiger partial charge in [0.2, 0.25) is 5.91 Å². The third kappa shape index (κ3) is 5.85. The molecule has 0 spiro atoms. The van der Waals surface area contributed by atoms with Crippen molar-refractivity contribution in [2.75, 3.05) is 31.4 Å². The van der Waals surface area contributed by atoms with Crippen LogP contribution < -0.4 is 30.2 Å². The van der Waals surface area contributed by atoms with Gasteiger partial charge in [-0.1, -0.05) is 18.2 Å². The Hall–Kier alpha value is -4.04. The zero-order chi connectivity index (χ0) is 23.9. The van der Waals surface area contributed by atoms with Crippen molar-refractivity contribution >= 4 is 23.4 Å². The Morgan fingerprint density at radius 3 is 2.53 bits per heavy atom. The molecular weight excluding hydrogens is 434 g/mol. The number of nitrogens with one attached hydrogen (secondary N) is 3. The summed E-state index contributed by atoms with van der Waals surface area (Å²) in [6, 6.07) is 17.9. The molecular formula is C26H27N3O5. The van der Waals surface area contributed by atoms with Gasteiger partial charge in [0.25, 0.3) is 0 Å². The molecule has 1 aliphatic rings. The summed E-state index contributed by atoms with van der Waals surface area (Å²) >= 11 is 0. The molecule has 0 saturated heterocycles. The number of hydrogen-bond acceptors (Lipinski definition) is 6. The van der Waals surface area contributed by atoms with E-state index in [1.807, 2.05) is 18.2 Å². The van der Waals surface area contributed by atoms with Gasteiger partial charge >= 0.3 is 6.09 Å². The Balaban J connectivity index is 1.34. The second-order valence-electron chi connectivity index (χ2n) is 7.87. The summed E-state index contributed by atoms with van der Waals surface area (Å²) in [5.41, 5.74) is 4.29. The van der Waals surface area contributed by atoms with Crippen molar-refractivity contribution in [3.05, 3.63) is 77.4 Å². The lowest BCUT2D eigenvalue weighted by Gasteiger charge is -2.17. The normalized spacial score (nSPS) is 12.3. The molecule has 0 bridgehead atoms. The minimum absolute atomic E-state index is 0.136. The molecule has 3 N–H and O–H groups in total. The van der Waals surface area contributed by atoms with Crippen LogP contribution in [0.5, 0.6) is 17.2 Å². The molecule has 0 fully saturated rings. The van der Waals surface area contributed by atoms with Crippen molar-refractivity contribution < 1.29 is 23.8 Å². The third-order valence-corrected chi connectivity index (χ3v) is 5.48. The molecule has 4 rings (SSSR count). The first-order chi connectivity index (χ1) is 16.5. The zero-order valence-corrected chi connectivity index (χ0v) is 19.1. The van der Waals surface area contributed by atoms with Gasteiger partial charge in [0.05, 0.1) is 20.6 Å². The number of ether oxygens (including phenoxy) is 3. The van der Waals surface area contributed by atoms with E-state index in [-0.39, 0.29) is 12.3 Å². The lowest BCUT2D eigenvalue weighted by atomic mass is 10.0. The van der Waals surface area contributed by atoms with E-state index in [4.69, 9.17) is 14.2 Å². The lowest BCUT2D eigenvalue weighted by Crippen LogP contribution is -2.24. The molecule has 8 nitrogen and oxygen atoms in total. The molecule has 3 aromatic carbocycles. The average Bonchev–Trinajstić information content (AvgIpc) is 2.84. The molecule has 34 heavy (non-hydrogen) atoms. The summed E-state index contributed by atoms with van der Waals surface area (Å²) in [4.78, 5) is 24.9. The van der Waals surface area contributed by atoms with Gasteiger partial charge in [0.1, 0.15) is 5.75 Å². The minimum Gasteiger partial charge on any atom is -0.493 e. The van der Waals surface area contributed by atoms with Gasteiger partial charge in [0.15, 0.2) is 11.5 Å². The lowest BCUT2D eigenvalue weighted by molar-refractivity contribution is -0.115. The van der Waals surface area contributed by atoms with Crippen LogP contribution in [0.15, 0.2) is 60.7 Å². The molecule has 0 atom stereocenters. The zero-order valence-electron chi connectivity index (χ0n) is 19.1. The van der Waals surface area contributed by atoms with E-state index in [9.17, 15) is 9.59 Å². The summed E-state index contributed by atoms with van der Waals surface area (Å²) in [5.74, 6) is 1.40. The van der Waals surface area contributed by atoms with Gasteiger partial charge in [-0.3, -0.25) is 10.1 Å². The first kappa shape index (κ1) is 23.1. The smallest absolute Gasteiger partial charge is 0.417 e. The van der Waals surface area contributed by atoms with Crippen LogP contribution in [0.1, 0.15) is 16.7 Å². The highest BCUT2D eigenvalue weighted by atomic mass is 16.6. The van der Waals surface area contributed by atoms with Crippen molar-refractivity contribution in [1.82, 2.24) is 5.32 Å². The highest BCUT2D eigenvalue weighted by Crippen LogP contribution is 2.29. The van der Waals surface area contributed by atoms with Crippen LogP contribution in [-0.4, -0.2) is 32.8 Å². The molecule has 1 aliphatic heterocycles. The van der Waals surface area contributed by atoms with Gasteiger partial charge in [0, 0.05) is 24.0 Å². The van der Waals surface area contributed by atoms with E-state index in [1.165, 1.54) is 12.7 Å². The van der Waals surface area contributed by atoms with Crippen LogP contribution in [-0.2, 0) is 24.2 Å². The predicted octanol–water partition coefficient (Wildman–Crippen LogP) is 4.14. The van der Waals surface area contributed by atoms with Gasteiger partial charge in [-0.25, -0.2) is 4.79 Å². The number of methoxy groups -OCH3 is 2. The van der Waals surface area contributed by atoms with Gasteiger partial charge in [-0.2, -0.15) is 0 Å². The Morgan fingerprint density at radius 2 is 1.71 bits per heavy atom. The number of rotatable bonds is 7. The van der Waals surface area contributed by atoms with Crippen LogP contribution in [0.2, 0.25) is 0 Å². The molecule has 8 heteroatoms. The quantitative estimate of drug-likeness (QED) is 0.489. The topological polar surface area (TPSA) is 97.9 Å². The molecule has 176 valence electrons. The number of amides is 2. The first-order valence-corrected chi connectivity index (χ1v) is 11.0. The summed E-state index contributed by atoms with van der Waals surface area (Å²) in [7, 11) is 3.09. The Labute approximate surface area is 198 Å². The number of fused-ring (bicyclic) bond motifs is 1. The van der Waals surface area contributed by atoms with Crippen molar-refractivity contribution in [1.29, 1.82) is 0 Å². The van der Waals surface area contributed by atoms with Gasteiger partial charge in [-0.15, -0.1) is 0 Å². The highest BCUT2D eigenvalue weighted by molar-refractivity contribution is 5.93. The fourth-order valence-electron chi connectivity index (χ4n) is 3.83. The molecule has 0 saturated carbocycles. The fourth-order valence-corrected chi connectivity index (χ4v) is 3.83. The van der Waals surface area contributed by atoms with Crippen LogP contribution in [0.4, 0.5) is 16.2 Å². The van der Waals surface area contributed by atoms with Crippen molar-refractivity contribution in [2.24, 2.45) is 0 Å². The van der Waals surface area contributed by atoms with E-state index in [0.717, 1.165) is 30.6 Å². The standard InChI is InChI=1S/C26H27N3O5/c1-32-23-9-7-21(15-24(23)33-2)28-25(30)13-17-4-3-5-20(12-17)29-26(31)34-22-8-6-18-10-11-27-16-19(18)14-22/h3-9,12,14-15,27H,10-11,13,16H2,1-2H3,(H,28,30)(H,29,31). The van der Waals surface area contributed by atoms with E-state index >= 15 is 0 Å². The summed E-state index contributed by atoms with van der Waals surface area (Å²) in [6.07, 6.45) is 0.515. The van der Waals surface area contributed by atoms with E-state index < -0.39 is 6.09 Å². The summed E-state index contributed by atoms with van der Waals surface area (Å²) < 4.78 is 15.9. The molecule has 0 aromatic heterocycles. The monoisotopic (exact) mass is 461 g/mol. The Kier molecular flexibility index (Phi) is 7.29. The summed E-state index contributed by atoms with van der Waals surface area (Å²) in [6.45, 7) is 1.72. The highest BCUT2D eigenvalue weighted by Gasteiger charge is 2.13. The third-order valence-electron chi connectivity index (χ3n) is 5.48.